The van der Waals surface area contributed by atoms with E-state index in [1.54, 1.807) is 0 Å². The van der Waals surface area contributed by atoms with Crippen LogP contribution in [0.5, 0.6) is 0 Å². The summed E-state index contributed by atoms with van der Waals surface area (Å²) >= 11 is 6.03. The fourth-order valence-corrected chi connectivity index (χ4v) is 4.96. The normalized spacial score (nSPS) is 14.5. The third-order valence-corrected chi connectivity index (χ3v) is 7.12. The quantitative estimate of drug-likeness (QED) is 0.386. The molecule has 180 valence electrons. The average Bonchev–Trinajstić information content (AvgIpc) is 3.29. The minimum absolute atomic E-state index is 0.213. The SMILES string of the molecule is Cc1nc2cc(-c3ccc(Cl)cc3)nn2c(C)c1CCC(=O)N1CCN(Cc2ccccc2)CC1. The minimum atomic E-state index is 0.213. The molecule has 0 saturated carbocycles. The average molecular weight is 488 g/mol. The van der Waals surface area contributed by atoms with Crippen LogP contribution < -0.4 is 0 Å². The summed E-state index contributed by atoms with van der Waals surface area (Å²) in [4.78, 5) is 22.2. The van der Waals surface area contributed by atoms with Crippen LogP contribution in [0.15, 0.2) is 60.7 Å². The predicted octanol–water partition coefficient (Wildman–Crippen LogP) is 4.94. The number of carbonyl (C=O) groups excluding carboxylic acids is 1. The molecule has 1 saturated heterocycles. The Balaban J connectivity index is 1.22. The van der Waals surface area contributed by atoms with Crippen LogP contribution >= 0.6 is 11.6 Å². The van der Waals surface area contributed by atoms with E-state index in [0.717, 1.165) is 66.6 Å². The van der Waals surface area contributed by atoms with E-state index in [-0.39, 0.29) is 5.91 Å². The minimum Gasteiger partial charge on any atom is -0.340 e. The third kappa shape index (κ3) is 5.24. The fraction of sp³-hybridized carbons (Fsp3) is 0.321. The molecular formula is C28H30ClN5O. The van der Waals surface area contributed by atoms with Crippen molar-refractivity contribution in [2.45, 2.75) is 33.2 Å². The Hall–Kier alpha value is -3.22. The molecule has 0 aliphatic carbocycles. The molecule has 1 aliphatic rings. The fourth-order valence-electron chi connectivity index (χ4n) is 4.84. The Labute approximate surface area is 211 Å². The van der Waals surface area contributed by atoms with E-state index in [9.17, 15) is 4.79 Å². The number of hydrogen-bond acceptors (Lipinski definition) is 4. The van der Waals surface area contributed by atoms with Gasteiger partial charge in [0.1, 0.15) is 0 Å². The van der Waals surface area contributed by atoms with Gasteiger partial charge >= 0.3 is 0 Å². The van der Waals surface area contributed by atoms with Crippen molar-refractivity contribution in [3.05, 3.63) is 88.2 Å². The zero-order valence-electron chi connectivity index (χ0n) is 20.2. The first-order valence-corrected chi connectivity index (χ1v) is 12.5. The van der Waals surface area contributed by atoms with E-state index < -0.39 is 0 Å². The van der Waals surface area contributed by atoms with Crippen LogP contribution in [0.25, 0.3) is 16.9 Å². The number of aryl methyl sites for hydroxylation is 2. The molecule has 1 aliphatic heterocycles. The number of carbonyl (C=O) groups is 1. The molecule has 2 aromatic heterocycles. The summed E-state index contributed by atoms with van der Waals surface area (Å²) < 4.78 is 1.89. The number of rotatable bonds is 6. The monoisotopic (exact) mass is 487 g/mol. The molecular weight excluding hydrogens is 458 g/mol. The molecule has 0 spiro atoms. The van der Waals surface area contributed by atoms with Gasteiger partial charge in [0.25, 0.3) is 0 Å². The largest absolute Gasteiger partial charge is 0.340 e. The van der Waals surface area contributed by atoms with Crippen molar-refractivity contribution in [3.63, 3.8) is 0 Å². The predicted molar refractivity (Wildman–Crippen MR) is 140 cm³/mol. The summed E-state index contributed by atoms with van der Waals surface area (Å²) in [5.41, 5.74) is 7.08. The third-order valence-electron chi connectivity index (χ3n) is 6.87. The molecule has 0 unspecified atom stereocenters. The lowest BCUT2D eigenvalue weighted by atomic mass is 10.1. The van der Waals surface area contributed by atoms with Crippen molar-refractivity contribution in [1.82, 2.24) is 24.4 Å². The lowest BCUT2D eigenvalue weighted by Crippen LogP contribution is -2.48. The van der Waals surface area contributed by atoms with Crippen LogP contribution in [0, 0.1) is 13.8 Å². The Bertz CT molecular complexity index is 1330. The van der Waals surface area contributed by atoms with Gasteiger partial charge in [-0.15, -0.1) is 0 Å². The van der Waals surface area contributed by atoms with Crippen molar-refractivity contribution in [2.75, 3.05) is 26.2 Å². The molecule has 5 rings (SSSR count). The molecule has 1 fully saturated rings. The van der Waals surface area contributed by atoms with Gasteiger partial charge < -0.3 is 4.90 Å². The van der Waals surface area contributed by atoms with E-state index in [4.69, 9.17) is 21.7 Å². The van der Waals surface area contributed by atoms with Gasteiger partial charge in [-0.05, 0) is 43.5 Å². The zero-order valence-corrected chi connectivity index (χ0v) is 21.0. The Morgan fingerprint density at radius 2 is 1.69 bits per heavy atom. The lowest BCUT2D eigenvalue weighted by molar-refractivity contribution is -0.133. The van der Waals surface area contributed by atoms with Crippen LogP contribution in [0.3, 0.4) is 0 Å². The maximum absolute atomic E-state index is 13.0. The van der Waals surface area contributed by atoms with Gasteiger partial charge in [0.15, 0.2) is 5.65 Å². The van der Waals surface area contributed by atoms with Gasteiger partial charge in [0.2, 0.25) is 5.91 Å². The first-order valence-electron chi connectivity index (χ1n) is 12.1. The maximum Gasteiger partial charge on any atom is 0.222 e. The van der Waals surface area contributed by atoms with Gasteiger partial charge in [-0.25, -0.2) is 9.50 Å². The number of fused-ring (bicyclic) bond motifs is 1. The first-order chi connectivity index (χ1) is 17.0. The highest BCUT2D eigenvalue weighted by atomic mass is 35.5. The van der Waals surface area contributed by atoms with E-state index >= 15 is 0 Å². The first kappa shape index (κ1) is 23.5. The number of hydrogen-bond donors (Lipinski definition) is 0. The van der Waals surface area contributed by atoms with Crippen molar-refractivity contribution in [2.24, 2.45) is 0 Å². The molecule has 4 aromatic rings. The van der Waals surface area contributed by atoms with Crippen molar-refractivity contribution in [3.8, 4) is 11.3 Å². The zero-order chi connectivity index (χ0) is 24.4. The van der Waals surface area contributed by atoms with E-state index in [0.29, 0.717) is 17.9 Å². The number of amides is 1. The maximum atomic E-state index is 13.0. The standard InChI is InChI=1S/C28H30ClN5O/c1-20-25(21(2)34-27(30-20)18-26(31-34)23-8-10-24(29)11-9-23)12-13-28(35)33-16-14-32(15-17-33)19-22-6-4-3-5-7-22/h3-11,18H,12-17,19H2,1-2H3. The van der Waals surface area contributed by atoms with E-state index in [1.807, 2.05) is 52.7 Å². The van der Waals surface area contributed by atoms with Gasteiger partial charge in [-0.2, -0.15) is 5.10 Å². The lowest BCUT2D eigenvalue weighted by Gasteiger charge is -2.35. The Kier molecular flexibility index (Phi) is 6.84. The van der Waals surface area contributed by atoms with E-state index in [1.165, 1.54) is 5.56 Å². The summed E-state index contributed by atoms with van der Waals surface area (Å²) in [6.07, 6.45) is 1.15. The summed E-state index contributed by atoms with van der Waals surface area (Å²) in [6.45, 7) is 8.40. The Morgan fingerprint density at radius 3 is 2.40 bits per heavy atom. The van der Waals surface area contributed by atoms with Gasteiger partial charge in [0, 0.05) is 67.2 Å². The van der Waals surface area contributed by atoms with Crippen LogP contribution in [0.2, 0.25) is 5.02 Å². The molecule has 3 heterocycles. The molecule has 2 aromatic carbocycles. The molecule has 7 heteroatoms. The molecule has 0 bridgehead atoms. The summed E-state index contributed by atoms with van der Waals surface area (Å²) in [5.74, 6) is 0.213. The summed E-state index contributed by atoms with van der Waals surface area (Å²) in [5, 5.41) is 5.48. The second-order valence-electron chi connectivity index (χ2n) is 9.21. The smallest absolute Gasteiger partial charge is 0.222 e. The highest BCUT2D eigenvalue weighted by molar-refractivity contribution is 6.30. The topological polar surface area (TPSA) is 53.7 Å². The molecule has 0 atom stereocenters. The highest BCUT2D eigenvalue weighted by Crippen LogP contribution is 2.24. The van der Waals surface area contributed by atoms with Crippen LogP contribution in [-0.4, -0.2) is 56.5 Å². The number of nitrogens with zero attached hydrogens (tertiary/aromatic N) is 5. The molecule has 35 heavy (non-hydrogen) atoms. The number of benzene rings is 2. The van der Waals surface area contributed by atoms with Crippen molar-refractivity contribution >= 4 is 23.2 Å². The van der Waals surface area contributed by atoms with Gasteiger partial charge in [-0.1, -0.05) is 54.1 Å². The van der Waals surface area contributed by atoms with Crippen molar-refractivity contribution < 1.29 is 4.79 Å². The molecule has 0 radical (unpaired) electrons. The Morgan fingerprint density at radius 1 is 0.971 bits per heavy atom. The van der Waals surface area contributed by atoms with Crippen LogP contribution in [0.1, 0.15) is 28.9 Å². The molecule has 6 nitrogen and oxygen atoms in total. The summed E-state index contributed by atoms with van der Waals surface area (Å²) in [6, 6.07) is 20.2. The van der Waals surface area contributed by atoms with Gasteiger partial charge in [-0.3, -0.25) is 9.69 Å². The van der Waals surface area contributed by atoms with Crippen LogP contribution in [-0.2, 0) is 17.8 Å². The molecule has 1 amide bonds. The second kappa shape index (κ2) is 10.2. The summed E-state index contributed by atoms with van der Waals surface area (Å²) in [7, 11) is 0. The highest BCUT2D eigenvalue weighted by Gasteiger charge is 2.22. The van der Waals surface area contributed by atoms with Crippen molar-refractivity contribution in [1.29, 1.82) is 0 Å². The number of piperazine rings is 1. The number of halogens is 1. The number of aromatic nitrogens is 3. The van der Waals surface area contributed by atoms with Gasteiger partial charge in [0.05, 0.1) is 5.69 Å². The van der Waals surface area contributed by atoms with E-state index in [2.05, 4.69) is 36.1 Å². The van der Waals surface area contributed by atoms with Crippen LogP contribution in [0.4, 0.5) is 0 Å². The molecule has 0 N–H and O–H groups in total. The second-order valence-corrected chi connectivity index (χ2v) is 9.65.